The van der Waals surface area contributed by atoms with Crippen molar-refractivity contribution in [1.29, 1.82) is 0 Å². The van der Waals surface area contributed by atoms with Gasteiger partial charge < -0.3 is 0 Å². The average Bonchev–Trinajstić information content (AvgIpc) is 2.58. The van der Waals surface area contributed by atoms with Gasteiger partial charge in [-0.3, -0.25) is 4.79 Å². The summed E-state index contributed by atoms with van der Waals surface area (Å²) in [5, 5.41) is -1.82. The summed E-state index contributed by atoms with van der Waals surface area (Å²) in [6.07, 6.45) is -3.28. The lowest BCUT2D eigenvalue weighted by molar-refractivity contribution is -0.117. The minimum atomic E-state index is -4.60. The third-order valence-corrected chi connectivity index (χ3v) is 5.49. The Labute approximate surface area is 114 Å². The van der Waals surface area contributed by atoms with Crippen LogP contribution >= 0.6 is 23.2 Å². The van der Waals surface area contributed by atoms with Gasteiger partial charge in [-0.1, -0.05) is 38.4 Å². The van der Waals surface area contributed by atoms with Gasteiger partial charge in [-0.05, 0) is 30.4 Å². The molecule has 1 nitrogen and oxygen atoms in total. The van der Waals surface area contributed by atoms with Crippen LogP contribution in [0.25, 0.3) is 0 Å². The van der Waals surface area contributed by atoms with E-state index < -0.39 is 32.7 Å². The summed E-state index contributed by atoms with van der Waals surface area (Å²) in [4.78, 5) is 11.6. The summed E-state index contributed by atoms with van der Waals surface area (Å²) in [6, 6.07) is 0. The summed E-state index contributed by atoms with van der Waals surface area (Å²) in [7, 11) is 0. The first-order chi connectivity index (χ1) is 7.88. The lowest BCUT2D eigenvalue weighted by Crippen LogP contribution is -2.17. The van der Waals surface area contributed by atoms with E-state index in [9.17, 15) is 18.0 Å². The van der Waals surface area contributed by atoms with Gasteiger partial charge in [0.15, 0.2) is 0 Å². The standard InChI is InChI=1S/C12H15Cl2F3O/c1-5-11(6-7(13)12(15,16)17)9(2,3)10(11,4)8(14)18/h6H,5H2,1-4H3. The second-order valence-electron chi connectivity index (χ2n) is 5.34. The number of hydrogen-bond acceptors (Lipinski definition) is 1. The van der Waals surface area contributed by atoms with Crippen molar-refractivity contribution in [2.45, 2.75) is 40.3 Å². The monoisotopic (exact) mass is 302 g/mol. The summed E-state index contributed by atoms with van der Waals surface area (Å²) in [6.45, 7) is 6.77. The van der Waals surface area contributed by atoms with Crippen LogP contribution < -0.4 is 0 Å². The molecule has 2 unspecified atom stereocenters. The molecular formula is C12H15Cl2F3O. The molecule has 18 heavy (non-hydrogen) atoms. The Hall–Kier alpha value is -0.220. The van der Waals surface area contributed by atoms with E-state index in [0.29, 0.717) is 6.42 Å². The molecule has 6 heteroatoms. The van der Waals surface area contributed by atoms with Crippen LogP contribution in [0.5, 0.6) is 0 Å². The zero-order valence-electron chi connectivity index (χ0n) is 10.6. The van der Waals surface area contributed by atoms with Gasteiger partial charge in [0.05, 0.1) is 5.41 Å². The summed E-state index contributed by atoms with van der Waals surface area (Å²) >= 11 is 10.9. The molecule has 1 aliphatic rings. The van der Waals surface area contributed by atoms with Crippen molar-refractivity contribution in [3.63, 3.8) is 0 Å². The summed E-state index contributed by atoms with van der Waals surface area (Å²) < 4.78 is 37.6. The minimum absolute atomic E-state index is 0.362. The number of hydrogen-bond donors (Lipinski definition) is 0. The molecule has 0 N–H and O–H groups in total. The average molecular weight is 303 g/mol. The maximum atomic E-state index is 12.5. The molecule has 0 saturated heterocycles. The highest BCUT2D eigenvalue weighted by molar-refractivity contribution is 6.65. The Morgan fingerprint density at radius 1 is 1.22 bits per heavy atom. The van der Waals surface area contributed by atoms with E-state index in [1.807, 2.05) is 0 Å². The molecule has 0 spiro atoms. The van der Waals surface area contributed by atoms with Crippen LogP contribution in [0.4, 0.5) is 13.2 Å². The van der Waals surface area contributed by atoms with Gasteiger partial charge in [-0.15, -0.1) is 0 Å². The van der Waals surface area contributed by atoms with E-state index in [1.165, 1.54) is 0 Å². The Kier molecular flexibility index (Phi) is 3.64. The first-order valence-corrected chi connectivity index (χ1v) is 6.29. The van der Waals surface area contributed by atoms with Crippen molar-refractivity contribution >= 4 is 28.4 Å². The number of allylic oxidation sites excluding steroid dienone is 2. The van der Waals surface area contributed by atoms with Gasteiger partial charge in [0.25, 0.3) is 0 Å². The van der Waals surface area contributed by atoms with Crippen molar-refractivity contribution in [2.24, 2.45) is 16.2 Å². The number of carbonyl (C=O) groups excluding carboxylic acids is 1. The predicted octanol–water partition coefficient (Wildman–Crippen LogP) is 4.88. The van der Waals surface area contributed by atoms with Crippen molar-refractivity contribution in [3.8, 4) is 0 Å². The lowest BCUT2D eigenvalue weighted by Gasteiger charge is -2.16. The van der Waals surface area contributed by atoms with Crippen LogP contribution in [0.1, 0.15) is 34.1 Å². The van der Waals surface area contributed by atoms with E-state index in [0.717, 1.165) is 6.08 Å². The van der Waals surface area contributed by atoms with Crippen LogP contribution in [0, 0.1) is 16.2 Å². The quantitative estimate of drug-likeness (QED) is 0.679. The van der Waals surface area contributed by atoms with E-state index in [4.69, 9.17) is 23.2 Å². The molecule has 0 heterocycles. The normalized spacial score (nSPS) is 35.5. The van der Waals surface area contributed by atoms with E-state index in [-0.39, 0.29) is 0 Å². The zero-order chi connectivity index (χ0) is 14.6. The van der Waals surface area contributed by atoms with Crippen molar-refractivity contribution in [1.82, 2.24) is 0 Å². The topological polar surface area (TPSA) is 17.1 Å². The molecule has 2 atom stereocenters. The van der Waals surface area contributed by atoms with E-state index in [1.54, 1.807) is 27.7 Å². The molecule has 104 valence electrons. The largest absolute Gasteiger partial charge is 0.426 e. The fraction of sp³-hybridized carbons (Fsp3) is 0.750. The number of rotatable bonds is 3. The summed E-state index contributed by atoms with van der Waals surface area (Å²) in [5.74, 6) is 0. The van der Waals surface area contributed by atoms with E-state index in [2.05, 4.69) is 0 Å². The Morgan fingerprint density at radius 3 is 1.89 bits per heavy atom. The van der Waals surface area contributed by atoms with Crippen LogP contribution in [0.15, 0.2) is 11.1 Å². The van der Waals surface area contributed by atoms with E-state index >= 15 is 0 Å². The molecule has 0 aliphatic heterocycles. The van der Waals surface area contributed by atoms with Crippen LogP contribution in [0.2, 0.25) is 0 Å². The van der Waals surface area contributed by atoms with Gasteiger partial charge in [0, 0.05) is 5.41 Å². The third kappa shape index (κ3) is 1.72. The first kappa shape index (κ1) is 15.8. The van der Waals surface area contributed by atoms with Crippen molar-refractivity contribution in [2.75, 3.05) is 0 Å². The van der Waals surface area contributed by atoms with Crippen LogP contribution in [-0.2, 0) is 4.79 Å². The molecule has 0 bridgehead atoms. The molecule has 0 radical (unpaired) electrons. The number of alkyl halides is 3. The molecule has 0 aromatic carbocycles. The lowest BCUT2D eigenvalue weighted by atomic mass is 9.90. The Morgan fingerprint density at radius 2 is 1.67 bits per heavy atom. The number of halogens is 5. The van der Waals surface area contributed by atoms with Crippen LogP contribution in [0.3, 0.4) is 0 Å². The highest BCUT2D eigenvalue weighted by Gasteiger charge is 2.80. The van der Waals surface area contributed by atoms with Crippen LogP contribution in [-0.4, -0.2) is 11.4 Å². The molecule has 0 aromatic rings. The molecular weight excluding hydrogens is 288 g/mol. The van der Waals surface area contributed by atoms with Gasteiger partial charge in [0.2, 0.25) is 5.24 Å². The second-order valence-corrected chi connectivity index (χ2v) is 6.09. The Bertz CT molecular complexity index is 414. The molecule has 0 amide bonds. The van der Waals surface area contributed by atoms with Gasteiger partial charge in [-0.25, -0.2) is 0 Å². The second kappa shape index (κ2) is 4.14. The maximum Gasteiger partial charge on any atom is 0.426 e. The molecule has 1 fully saturated rings. The van der Waals surface area contributed by atoms with Gasteiger partial charge in [0.1, 0.15) is 5.03 Å². The fourth-order valence-electron chi connectivity index (χ4n) is 3.18. The highest BCUT2D eigenvalue weighted by Crippen LogP contribution is 2.81. The molecule has 0 aromatic heterocycles. The Balaban J connectivity index is 3.32. The van der Waals surface area contributed by atoms with Crippen molar-refractivity contribution in [3.05, 3.63) is 11.1 Å². The fourth-order valence-corrected chi connectivity index (χ4v) is 3.77. The molecule has 1 rings (SSSR count). The summed E-state index contributed by atoms with van der Waals surface area (Å²) in [5.41, 5.74) is -2.63. The number of carbonyl (C=O) groups is 1. The predicted molar refractivity (Wildman–Crippen MR) is 65.5 cm³/mol. The zero-order valence-corrected chi connectivity index (χ0v) is 12.1. The minimum Gasteiger partial charge on any atom is -0.281 e. The third-order valence-electron chi connectivity index (χ3n) is 4.79. The van der Waals surface area contributed by atoms with Crippen molar-refractivity contribution < 1.29 is 18.0 Å². The SMILES string of the molecule is CCC1(C=C(Cl)C(F)(F)F)C(C)(C)C1(C)C(=O)Cl. The van der Waals surface area contributed by atoms with Gasteiger partial charge >= 0.3 is 6.18 Å². The molecule has 1 aliphatic carbocycles. The smallest absolute Gasteiger partial charge is 0.281 e. The van der Waals surface area contributed by atoms with Gasteiger partial charge in [-0.2, -0.15) is 13.2 Å². The highest BCUT2D eigenvalue weighted by atomic mass is 35.5. The maximum absolute atomic E-state index is 12.5. The molecule has 1 saturated carbocycles. The first-order valence-electron chi connectivity index (χ1n) is 5.54.